The highest BCUT2D eigenvalue weighted by Gasteiger charge is 2.28. The Morgan fingerprint density at radius 1 is 1.38 bits per heavy atom. The Hall–Kier alpha value is -2.11. The first-order valence-electron chi connectivity index (χ1n) is 8.73. The molecule has 0 N–H and O–H groups in total. The second kappa shape index (κ2) is 7.20. The molecule has 0 unspecified atom stereocenters. The summed E-state index contributed by atoms with van der Waals surface area (Å²) in [6, 6.07) is 0.309. The average molecular weight is 330 g/mol. The molecule has 2 aromatic heterocycles. The smallest absolute Gasteiger partial charge is 0.227 e. The number of likely N-dealkylation sites (tertiary alicyclic amines) is 1. The molecule has 1 fully saturated rings. The standard InChI is InChI=1S/C18H26N4O2/c1-13-16(14(2)24-20-13)12-18(23)22-10-5-4-6-15(22)7-8-17-19-9-11-21(17)3/h9,11,15H,4-8,10,12H2,1-3H3/t15-/m1/s1. The molecule has 2 aromatic rings. The quantitative estimate of drug-likeness (QED) is 0.845. The molecule has 1 amide bonds. The number of amides is 1. The summed E-state index contributed by atoms with van der Waals surface area (Å²) in [5.74, 6) is 2.02. The van der Waals surface area contributed by atoms with Crippen LogP contribution in [0.25, 0.3) is 0 Å². The van der Waals surface area contributed by atoms with Crippen LogP contribution in [0.4, 0.5) is 0 Å². The fourth-order valence-corrected chi connectivity index (χ4v) is 3.57. The minimum Gasteiger partial charge on any atom is -0.361 e. The van der Waals surface area contributed by atoms with Crippen molar-refractivity contribution in [3.8, 4) is 0 Å². The molecule has 3 heterocycles. The van der Waals surface area contributed by atoms with E-state index < -0.39 is 0 Å². The Balaban J connectivity index is 1.65. The van der Waals surface area contributed by atoms with Crippen molar-refractivity contribution >= 4 is 5.91 Å². The van der Waals surface area contributed by atoms with Gasteiger partial charge < -0.3 is 14.0 Å². The van der Waals surface area contributed by atoms with Gasteiger partial charge in [0.15, 0.2) is 0 Å². The lowest BCUT2D eigenvalue weighted by Crippen LogP contribution is -2.44. The van der Waals surface area contributed by atoms with E-state index in [4.69, 9.17) is 4.52 Å². The van der Waals surface area contributed by atoms with E-state index in [0.717, 1.165) is 55.1 Å². The number of hydrogen-bond donors (Lipinski definition) is 0. The van der Waals surface area contributed by atoms with Gasteiger partial charge in [0, 0.05) is 44.0 Å². The zero-order valence-corrected chi connectivity index (χ0v) is 14.8. The maximum Gasteiger partial charge on any atom is 0.227 e. The Bertz CT molecular complexity index is 684. The minimum absolute atomic E-state index is 0.189. The summed E-state index contributed by atoms with van der Waals surface area (Å²) < 4.78 is 7.24. The van der Waals surface area contributed by atoms with Crippen molar-refractivity contribution in [1.82, 2.24) is 19.6 Å². The molecule has 24 heavy (non-hydrogen) atoms. The highest BCUT2D eigenvalue weighted by molar-refractivity contribution is 5.79. The molecule has 1 aliphatic heterocycles. The van der Waals surface area contributed by atoms with Crippen molar-refractivity contribution in [2.75, 3.05) is 6.54 Å². The van der Waals surface area contributed by atoms with Crippen LogP contribution >= 0.6 is 0 Å². The summed E-state index contributed by atoms with van der Waals surface area (Å²) in [7, 11) is 2.02. The van der Waals surface area contributed by atoms with Gasteiger partial charge in [-0.2, -0.15) is 0 Å². The van der Waals surface area contributed by atoms with Crippen molar-refractivity contribution in [1.29, 1.82) is 0 Å². The van der Waals surface area contributed by atoms with Crippen LogP contribution in [-0.2, 0) is 24.7 Å². The predicted molar refractivity (Wildman–Crippen MR) is 90.6 cm³/mol. The first-order chi connectivity index (χ1) is 11.6. The second-order valence-electron chi connectivity index (χ2n) is 6.71. The third-order valence-corrected chi connectivity index (χ3v) is 5.08. The van der Waals surface area contributed by atoms with Crippen LogP contribution in [0.1, 0.15) is 48.5 Å². The van der Waals surface area contributed by atoms with Crippen molar-refractivity contribution in [3.63, 3.8) is 0 Å². The van der Waals surface area contributed by atoms with Gasteiger partial charge in [0.25, 0.3) is 0 Å². The number of nitrogens with zero attached hydrogens (tertiary/aromatic N) is 4. The summed E-state index contributed by atoms with van der Waals surface area (Å²) >= 11 is 0. The average Bonchev–Trinajstić information content (AvgIpc) is 3.13. The predicted octanol–water partition coefficient (Wildman–Crippen LogP) is 2.58. The van der Waals surface area contributed by atoms with Gasteiger partial charge >= 0.3 is 0 Å². The highest BCUT2D eigenvalue weighted by Crippen LogP contribution is 2.23. The first kappa shape index (κ1) is 16.7. The van der Waals surface area contributed by atoms with Gasteiger partial charge in [-0.3, -0.25) is 4.79 Å². The molecule has 0 spiro atoms. The van der Waals surface area contributed by atoms with Crippen LogP contribution in [0.3, 0.4) is 0 Å². The monoisotopic (exact) mass is 330 g/mol. The van der Waals surface area contributed by atoms with E-state index in [9.17, 15) is 4.79 Å². The molecular weight excluding hydrogens is 304 g/mol. The Morgan fingerprint density at radius 2 is 2.21 bits per heavy atom. The molecule has 0 aliphatic carbocycles. The molecule has 0 aromatic carbocycles. The molecule has 1 atom stereocenters. The maximum atomic E-state index is 12.8. The van der Waals surface area contributed by atoms with Crippen molar-refractivity contribution in [2.24, 2.45) is 7.05 Å². The van der Waals surface area contributed by atoms with Gasteiger partial charge in [-0.05, 0) is 39.5 Å². The maximum absolute atomic E-state index is 12.8. The number of imidazole rings is 1. The Morgan fingerprint density at radius 3 is 2.88 bits per heavy atom. The lowest BCUT2D eigenvalue weighted by molar-refractivity contribution is -0.134. The normalized spacial score (nSPS) is 18.1. The number of rotatable bonds is 5. The Labute approximate surface area is 142 Å². The molecule has 0 radical (unpaired) electrons. The van der Waals surface area contributed by atoms with Crippen LogP contribution in [0.5, 0.6) is 0 Å². The summed E-state index contributed by atoms with van der Waals surface area (Å²) in [6.45, 7) is 4.62. The van der Waals surface area contributed by atoms with E-state index in [1.165, 1.54) is 6.42 Å². The fourth-order valence-electron chi connectivity index (χ4n) is 3.57. The van der Waals surface area contributed by atoms with Crippen molar-refractivity contribution in [3.05, 3.63) is 35.2 Å². The molecule has 1 saturated heterocycles. The zero-order chi connectivity index (χ0) is 17.1. The number of piperidine rings is 1. The van der Waals surface area contributed by atoms with Gasteiger partial charge in [0.2, 0.25) is 5.91 Å². The number of aromatic nitrogens is 3. The molecule has 1 aliphatic rings. The van der Waals surface area contributed by atoms with Crippen LogP contribution in [-0.4, -0.2) is 38.1 Å². The van der Waals surface area contributed by atoms with Gasteiger partial charge in [-0.15, -0.1) is 0 Å². The molecule has 0 bridgehead atoms. The highest BCUT2D eigenvalue weighted by atomic mass is 16.5. The second-order valence-corrected chi connectivity index (χ2v) is 6.71. The van der Waals surface area contributed by atoms with E-state index in [1.54, 1.807) is 0 Å². The number of carbonyl (C=O) groups is 1. The molecule has 6 heteroatoms. The van der Waals surface area contributed by atoms with Gasteiger partial charge in [-0.25, -0.2) is 4.98 Å². The van der Waals surface area contributed by atoms with E-state index in [2.05, 4.69) is 19.6 Å². The molecule has 130 valence electrons. The zero-order valence-electron chi connectivity index (χ0n) is 14.8. The fraction of sp³-hybridized carbons (Fsp3) is 0.611. The van der Waals surface area contributed by atoms with E-state index in [-0.39, 0.29) is 5.91 Å². The van der Waals surface area contributed by atoms with Crippen molar-refractivity contribution < 1.29 is 9.32 Å². The largest absolute Gasteiger partial charge is 0.361 e. The number of aryl methyl sites for hydroxylation is 4. The number of hydrogen-bond acceptors (Lipinski definition) is 4. The molecule has 0 saturated carbocycles. The lowest BCUT2D eigenvalue weighted by atomic mass is 9.96. The topological polar surface area (TPSA) is 64.2 Å². The van der Waals surface area contributed by atoms with E-state index in [0.29, 0.717) is 12.5 Å². The number of carbonyl (C=O) groups excluding carboxylic acids is 1. The van der Waals surface area contributed by atoms with Crippen LogP contribution < -0.4 is 0 Å². The van der Waals surface area contributed by atoms with Gasteiger partial charge in [0.1, 0.15) is 11.6 Å². The summed E-state index contributed by atoms with van der Waals surface area (Å²) in [4.78, 5) is 19.3. The van der Waals surface area contributed by atoms with Crippen LogP contribution in [0.2, 0.25) is 0 Å². The lowest BCUT2D eigenvalue weighted by Gasteiger charge is -2.36. The third-order valence-electron chi connectivity index (χ3n) is 5.08. The summed E-state index contributed by atoms with van der Waals surface area (Å²) in [5.41, 5.74) is 1.76. The molecule has 3 rings (SSSR count). The van der Waals surface area contributed by atoms with E-state index >= 15 is 0 Å². The molecular formula is C18H26N4O2. The van der Waals surface area contributed by atoms with Crippen LogP contribution in [0, 0.1) is 13.8 Å². The molecule has 6 nitrogen and oxygen atoms in total. The van der Waals surface area contributed by atoms with Crippen molar-refractivity contribution in [2.45, 2.75) is 58.4 Å². The van der Waals surface area contributed by atoms with E-state index in [1.807, 2.05) is 33.3 Å². The SMILES string of the molecule is Cc1noc(C)c1CC(=O)N1CCCC[C@@H]1CCc1nccn1C. The summed E-state index contributed by atoms with van der Waals surface area (Å²) in [5, 5.41) is 3.96. The van der Waals surface area contributed by atoms with Gasteiger partial charge in [0.05, 0.1) is 12.1 Å². The summed E-state index contributed by atoms with van der Waals surface area (Å²) in [6.07, 6.45) is 9.43. The van der Waals surface area contributed by atoms with Gasteiger partial charge in [-0.1, -0.05) is 5.16 Å². The van der Waals surface area contributed by atoms with Crippen LogP contribution in [0.15, 0.2) is 16.9 Å². The minimum atomic E-state index is 0.189. The third kappa shape index (κ3) is 3.52. The Kier molecular flexibility index (Phi) is 5.02. The first-order valence-corrected chi connectivity index (χ1v) is 8.73.